The number of nitrogens with zero attached hydrogens (tertiary/aromatic N) is 2. The Morgan fingerprint density at radius 1 is 0.514 bits per heavy atom. The third-order valence-corrected chi connectivity index (χ3v) is 14.6. The van der Waals surface area contributed by atoms with Gasteiger partial charge < -0.3 is 29.7 Å². The molecular formula is C60H117N3O7. The molecule has 0 aromatic carbocycles. The molecule has 0 radical (unpaired) electrons. The van der Waals surface area contributed by atoms with Crippen molar-refractivity contribution in [1.82, 2.24) is 9.80 Å². The third kappa shape index (κ3) is 44.5. The van der Waals surface area contributed by atoms with Crippen LogP contribution in [0.5, 0.6) is 0 Å². The number of rotatable bonds is 47. The van der Waals surface area contributed by atoms with Crippen molar-refractivity contribution in [3.8, 4) is 0 Å². The topological polar surface area (TPSA) is 128 Å². The van der Waals surface area contributed by atoms with E-state index in [0.29, 0.717) is 32.5 Å². The average molecular weight is 993 g/mol. The van der Waals surface area contributed by atoms with E-state index in [4.69, 9.17) is 15.2 Å². The Morgan fingerprint density at radius 2 is 0.971 bits per heavy atom. The van der Waals surface area contributed by atoms with Crippen LogP contribution in [0.3, 0.4) is 0 Å². The molecule has 414 valence electrons. The first-order valence-electron chi connectivity index (χ1n) is 30.2. The zero-order chi connectivity index (χ0) is 51.6. The molecule has 0 aromatic rings. The van der Waals surface area contributed by atoms with E-state index in [1.807, 2.05) is 0 Å². The van der Waals surface area contributed by atoms with Crippen LogP contribution >= 0.6 is 0 Å². The van der Waals surface area contributed by atoms with Crippen LogP contribution in [0.1, 0.15) is 292 Å². The molecule has 2 aliphatic heterocycles. The quantitative estimate of drug-likeness (QED) is 0.0274. The third-order valence-electron chi connectivity index (χ3n) is 14.6. The fraction of sp³-hybridized carbons (Fsp3) is 0.933. The Morgan fingerprint density at radius 3 is 1.51 bits per heavy atom. The van der Waals surface area contributed by atoms with Gasteiger partial charge in [-0.25, -0.2) is 0 Å². The van der Waals surface area contributed by atoms with Crippen LogP contribution < -0.4 is 5.73 Å². The number of unbranched alkanes of at least 4 members (excludes halogenated alkanes) is 21. The maximum atomic E-state index is 12.6. The Kier molecular flexibility index (Phi) is 48.8. The number of carbonyl (C=O) groups is 4. The van der Waals surface area contributed by atoms with Crippen molar-refractivity contribution in [2.24, 2.45) is 17.1 Å². The summed E-state index contributed by atoms with van der Waals surface area (Å²) in [6.45, 7) is 21.8. The molecule has 2 fully saturated rings. The number of nitrogens with two attached hydrogens (primary N) is 1. The van der Waals surface area contributed by atoms with Gasteiger partial charge in [0.15, 0.2) is 0 Å². The standard InChI is InChI=1S/C28H55NO2.C26H50O4.C6H12N2O/c1-5-7-11-18-26(19-12-8-6-2)20-17-25-31-27(30)28(3,4)21-13-9-10-14-22-29-23-15-16-24-29;1-3-5-7-9-12-16-20-25(21-17-13-10-8-6-4-2)30-26(28)22-18-14-11-15-19-23-29-24-27;7-6(9)2-5-8-3-1-4-8/h26H,5-25H2,1-4H3;24-25H,3-23H2,1-2H3;1-5H2,(H2,7,9). The highest BCUT2D eigenvalue weighted by Gasteiger charge is 2.28. The van der Waals surface area contributed by atoms with E-state index in [1.165, 1.54) is 193 Å². The lowest BCUT2D eigenvalue weighted by atomic mass is 9.87. The number of hydrogen-bond donors (Lipinski definition) is 1. The molecule has 0 bridgehead atoms. The predicted molar refractivity (Wildman–Crippen MR) is 295 cm³/mol. The molecule has 2 N–H and O–H groups in total. The molecule has 1 amide bonds. The van der Waals surface area contributed by atoms with Crippen molar-refractivity contribution in [2.75, 3.05) is 52.5 Å². The molecule has 0 atom stereocenters. The first-order valence-corrected chi connectivity index (χ1v) is 30.2. The van der Waals surface area contributed by atoms with Gasteiger partial charge >= 0.3 is 11.9 Å². The number of carbonyl (C=O) groups excluding carboxylic acids is 4. The molecule has 2 rings (SSSR count). The minimum atomic E-state index is -0.337. The van der Waals surface area contributed by atoms with E-state index in [0.717, 1.165) is 89.8 Å². The Balaban J connectivity index is 0.00000115. The summed E-state index contributed by atoms with van der Waals surface area (Å²) in [5.74, 6) is 0.631. The van der Waals surface area contributed by atoms with Gasteiger partial charge in [-0.05, 0) is 136 Å². The molecule has 2 heterocycles. The summed E-state index contributed by atoms with van der Waals surface area (Å²) in [6, 6.07) is 0. The molecule has 70 heavy (non-hydrogen) atoms. The van der Waals surface area contributed by atoms with Gasteiger partial charge in [0.1, 0.15) is 6.10 Å². The van der Waals surface area contributed by atoms with Crippen molar-refractivity contribution in [1.29, 1.82) is 0 Å². The Hall–Kier alpha value is -2.20. The highest BCUT2D eigenvalue weighted by molar-refractivity contribution is 5.75. The van der Waals surface area contributed by atoms with Crippen LogP contribution in [0.15, 0.2) is 0 Å². The number of amides is 1. The maximum Gasteiger partial charge on any atom is 0.311 e. The second-order valence-corrected chi connectivity index (χ2v) is 21.9. The fourth-order valence-electron chi connectivity index (χ4n) is 9.61. The average Bonchev–Trinajstić information content (AvgIpc) is 3.85. The lowest BCUT2D eigenvalue weighted by Gasteiger charge is -2.29. The highest BCUT2D eigenvalue weighted by Crippen LogP contribution is 2.27. The smallest absolute Gasteiger partial charge is 0.311 e. The molecular weight excluding hydrogens is 875 g/mol. The van der Waals surface area contributed by atoms with Crippen LogP contribution in [-0.2, 0) is 33.4 Å². The largest absolute Gasteiger partial charge is 0.468 e. The minimum Gasteiger partial charge on any atom is -0.468 e. The summed E-state index contributed by atoms with van der Waals surface area (Å²) >= 11 is 0. The van der Waals surface area contributed by atoms with Gasteiger partial charge in [0.05, 0.1) is 18.6 Å². The summed E-state index contributed by atoms with van der Waals surface area (Å²) in [4.78, 5) is 50.0. The molecule has 10 heteroatoms. The monoisotopic (exact) mass is 992 g/mol. The van der Waals surface area contributed by atoms with E-state index in [2.05, 4.69) is 56.1 Å². The second kappa shape index (κ2) is 50.3. The van der Waals surface area contributed by atoms with Gasteiger partial charge in [-0.1, -0.05) is 182 Å². The minimum absolute atomic E-state index is 0.0121. The maximum absolute atomic E-state index is 12.6. The molecule has 0 aliphatic carbocycles. The normalized spacial score (nSPS) is 13.9. The lowest BCUT2D eigenvalue weighted by Crippen LogP contribution is -2.39. The van der Waals surface area contributed by atoms with E-state index < -0.39 is 0 Å². The first-order chi connectivity index (χ1) is 34.0. The molecule has 0 saturated carbocycles. The zero-order valence-electron chi connectivity index (χ0n) is 47.3. The predicted octanol–water partition coefficient (Wildman–Crippen LogP) is 15.6. The van der Waals surface area contributed by atoms with Crippen LogP contribution in [0.25, 0.3) is 0 Å². The van der Waals surface area contributed by atoms with Crippen LogP contribution in [0.2, 0.25) is 0 Å². The van der Waals surface area contributed by atoms with E-state index in [9.17, 15) is 19.2 Å². The van der Waals surface area contributed by atoms with Gasteiger partial charge in [-0.3, -0.25) is 19.2 Å². The number of hydrogen-bond acceptors (Lipinski definition) is 9. The molecule has 0 aromatic heterocycles. The van der Waals surface area contributed by atoms with E-state index >= 15 is 0 Å². The summed E-state index contributed by atoms with van der Waals surface area (Å²) in [5.41, 5.74) is 4.62. The number of likely N-dealkylation sites (tertiary alicyclic amines) is 2. The molecule has 0 unspecified atom stereocenters. The van der Waals surface area contributed by atoms with Gasteiger partial charge in [0, 0.05) is 19.4 Å². The van der Waals surface area contributed by atoms with E-state index in [-0.39, 0.29) is 29.4 Å². The van der Waals surface area contributed by atoms with Gasteiger partial charge in [-0.2, -0.15) is 0 Å². The molecule has 2 saturated heterocycles. The van der Waals surface area contributed by atoms with Crippen molar-refractivity contribution in [3.05, 3.63) is 0 Å². The molecule has 2 aliphatic rings. The summed E-state index contributed by atoms with van der Waals surface area (Å²) in [5, 5.41) is 0. The summed E-state index contributed by atoms with van der Waals surface area (Å²) in [7, 11) is 0. The van der Waals surface area contributed by atoms with Crippen LogP contribution in [-0.4, -0.2) is 92.7 Å². The summed E-state index contributed by atoms with van der Waals surface area (Å²) in [6.07, 6.45) is 46.5. The van der Waals surface area contributed by atoms with Crippen molar-refractivity contribution in [2.45, 2.75) is 298 Å². The number of ether oxygens (including phenoxy) is 3. The Labute approximate surface area is 433 Å². The first kappa shape index (κ1) is 67.8. The van der Waals surface area contributed by atoms with Crippen molar-refractivity contribution in [3.63, 3.8) is 0 Å². The molecule has 10 nitrogen and oxygen atoms in total. The van der Waals surface area contributed by atoms with Crippen molar-refractivity contribution < 1.29 is 33.4 Å². The van der Waals surface area contributed by atoms with Gasteiger partial charge in [0.2, 0.25) is 5.91 Å². The number of primary amides is 1. The van der Waals surface area contributed by atoms with Crippen LogP contribution in [0, 0.1) is 11.3 Å². The summed E-state index contributed by atoms with van der Waals surface area (Å²) < 4.78 is 16.3. The van der Waals surface area contributed by atoms with Gasteiger partial charge in [0.25, 0.3) is 6.47 Å². The SMILES string of the molecule is CCCCCC(CCCCC)CCCOC(=O)C(C)(C)CCCCCCN1CCCC1.CCCCCCCCC(CCCCCCCC)OC(=O)CCCCCCCOC=O.NC(=O)CCN1CCC1. The lowest BCUT2D eigenvalue weighted by molar-refractivity contribution is -0.154. The van der Waals surface area contributed by atoms with Crippen molar-refractivity contribution >= 4 is 24.3 Å². The number of esters is 2. The van der Waals surface area contributed by atoms with Crippen LogP contribution in [0.4, 0.5) is 0 Å². The Bertz CT molecular complexity index is 1150. The second-order valence-electron chi connectivity index (χ2n) is 21.9. The highest BCUT2D eigenvalue weighted by atomic mass is 16.5. The van der Waals surface area contributed by atoms with Gasteiger partial charge in [-0.15, -0.1) is 0 Å². The zero-order valence-corrected chi connectivity index (χ0v) is 47.3. The van der Waals surface area contributed by atoms with E-state index in [1.54, 1.807) is 0 Å². The molecule has 0 spiro atoms. The fourth-order valence-corrected chi connectivity index (χ4v) is 9.61.